The van der Waals surface area contributed by atoms with Gasteiger partial charge in [-0.2, -0.15) is 0 Å². The first-order valence-electron chi connectivity index (χ1n) is 9.12. The van der Waals surface area contributed by atoms with Gasteiger partial charge in [0.25, 0.3) is 5.91 Å². The van der Waals surface area contributed by atoms with Crippen molar-refractivity contribution in [1.82, 2.24) is 9.97 Å². The zero-order valence-corrected chi connectivity index (χ0v) is 15.0. The number of nitrogens with one attached hydrogen (secondary N) is 1. The summed E-state index contributed by atoms with van der Waals surface area (Å²) in [5.74, 6) is 0.898. The van der Waals surface area contributed by atoms with Gasteiger partial charge in [-0.05, 0) is 30.4 Å². The minimum atomic E-state index is -0.171. The van der Waals surface area contributed by atoms with Crippen molar-refractivity contribution in [2.45, 2.75) is 45.4 Å². The van der Waals surface area contributed by atoms with Crippen molar-refractivity contribution in [3.63, 3.8) is 0 Å². The van der Waals surface area contributed by atoms with Gasteiger partial charge < -0.3 is 10.2 Å². The molecule has 2 heterocycles. The van der Waals surface area contributed by atoms with E-state index >= 15 is 0 Å². The summed E-state index contributed by atoms with van der Waals surface area (Å²) < 4.78 is 0. The molecule has 2 aromatic rings. The highest BCUT2D eigenvalue weighted by Gasteiger charge is 2.15. The Bertz CT molecular complexity index is 704. The number of anilines is 2. The van der Waals surface area contributed by atoms with E-state index in [4.69, 9.17) is 0 Å². The molecule has 1 fully saturated rings. The summed E-state index contributed by atoms with van der Waals surface area (Å²) in [7, 11) is 0. The molecule has 1 amide bonds. The van der Waals surface area contributed by atoms with Gasteiger partial charge in [0.1, 0.15) is 0 Å². The van der Waals surface area contributed by atoms with Crippen molar-refractivity contribution >= 4 is 17.5 Å². The first kappa shape index (κ1) is 17.4. The van der Waals surface area contributed by atoms with Crippen LogP contribution in [0.5, 0.6) is 0 Å². The summed E-state index contributed by atoms with van der Waals surface area (Å²) in [6.45, 7) is 6.22. The molecule has 0 radical (unpaired) electrons. The Morgan fingerprint density at radius 1 is 1.04 bits per heavy atom. The molecule has 0 spiro atoms. The van der Waals surface area contributed by atoms with Crippen LogP contribution in [0.2, 0.25) is 0 Å². The summed E-state index contributed by atoms with van der Waals surface area (Å²) in [5.41, 5.74) is 2.45. The number of hydrogen-bond acceptors (Lipinski definition) is 4. The Balaban J connectivity index is 1.71. The van der Waals surface area contributed by atoms with Gasteiger partial charge in [-0.25, -0.2) is 9.97 Å². The molecule has 5 heteroatoms. The maximum Gasteiger partial charge on any atom is 0.258 e. The van der Waals surface area contributed by atoms with Gasteiger partial charge in [0, 0.05) is 31.2 Å². The number of rotatable bonds is 4. The zero-order chi connectivity index (χ0) is 17.6. The smallest absolute Gasteiger partial charge is 0.258 e. The van der Waals surface area contributed by atoms with Gasteiger partial charge in [0.2, 0.25) is 5.95 Å². The summed E-state index contributed by atoms with van der Waals surface area (Å²) >= 11 is 0. The fourth-order valence-corrected chi connectivity index (χ4v) is 3.18. The topological polar surface area (TPSA) is 58.1 Å². The number of benzene rings is 1. The second kappa shape index (κ2) is 8.10. The molecule has 0 atom stereocenters. The van der Waals surface area contributed by atoms with E-state index in [1.165, 1.54) is 25.7 Å². The van der Waals surface area contributed by atoms with Crippen molar-refractivity contribution in [3.05, 3.63) is 47.8 Å². The van der Waals surface area contributed by atoms with Gasteiger partial charge in [0.15, 0.2) is 0 Å². The van der Waals surface area contributed by atoms with E-state index in [1.807, 2.05) is 24.3 Å². The van der Waals surface area contributed by atoms with Crippen LogP contribution in [0.4, 0.5) is 11.6 Å². The molecular formula is C20H26N4O. The molecule has 0 saturated carbocycles. The van der Waals surface area contributed by atoms with Gasteiger partial charge in [-0.3, -0.25) is 4.79 Å². The van der Waals surface area contributed by atoms with Gasteiger partial charge in [0.05, 0.1) is 5.56 Å². The average Bonchev–Trinajstić information content (AvgIpc) is 2.91. The Hall–Kier alpha value is -2.43. The van der Waals surface area contributed by atoms with Crippen LogP contribution in [0, 0.1) is 0 Å². The second-order valence-electron chi connectivity index (χ2n) is 6.87. The molecule has 3 rings (SSSR count). The molecule has 0 aliphatic carbocycles. The third-order valence-electron chi connectivity index (χ3n) is 4.62. The van der Waals surface area contributed by atoms with E-state index in [0.29, 0.717) is 11.5 Å². The van der Waals surface area contributed by atoms with Crippen molar-refractivity contribution in [3.8, 4) is 0 Å². The third kappa shape index (κ3) is 4.35. The molecule has 0 unspecified atom stereocenters. The van der Waals surface area contributed by atoms with E-state index in [9.17, 15) is 4.79 Å². The predicted molar refractivity (Wildman–Crippen MR) is 101 cm³/mol. The molecular weight excluding hydrogens is 312 g/mol. The first-order valence-corrected chi connectivity index (χ1v) is 9.12. The van der Waals surface area contributed by atoms with Crippen molar-refractivity contribution < 1.29 is 4.79 Å². The van der Waals surface area contributed by atoms with Crippen LogP contribution in [0.3, 0.4) is 0 Å². The van der Waals surface area contributed by atoms with Gasteiger partial charge in [-0.1, -0.05) is 44.9 Å². The maximum absolute atomic E-state index is 12.5. The predicted octanol–water partition coefficient (Wildman–Crippen LogP) is 4.23. The van der Waals surface area contributed by atoms with E-state index in [0.717, 1.165) is 30.3 Å². The lowest BCUT2D eigenvalue weighted by atomic mass is 10.0. The van der Waals surface area contributed by atoms with E-state index in [1.54, 1.807) is 12.4 Å². The molecule has 1 aromatic carbocycles. The number of carbonyl (C=O) groups is 1. The molecule has 25 heavy (non-hydrogen) atoms. The van der Waals surface area contributed by atoms with E-state index in [-0.39, 0.29) is 5.91 Å². The Kier molecular flexibility index (Phi) is 5.64. The van der Waals surface area contributed by atoms with Crippen LogP contribution in [-0.2, 0) is 0 Å². The molecule has 132 valence electrons. The quantitative estimate of drug-likeness (QED) is 0.906. The highest BCUT2D eigenvalue weighted by Crippen LogP contribution is 2.24. The molecule has 5 nitrogen and oxygen atoms in total. The number of carbonyl (C=O) groups excluding carboxylic acids is 1. The van der Waals surface area contributed by atoms with Gasteiger partial charge in [-0.15, -0.1) is 0 Å². The van der Waals surface area contributed by atoms with Crippen LogP contribution < -0.4 is 10.2 Å². The normalized spacial score (nSPS) is 15.1. The van der Waals surface area contributed by atoms with Crippen molar-refractivity contribution in [2.75, 3.05) is 23.3 Å². The SMILES string of the molecule is CC(C)c1ccccc1NC(=O)c1cnc(N2CCCCCC2)nc1. The number of aromatic nitrogens is 2. The van der Waals surface area contributed by atoms with Crippen LogP contribution in [0.15, 0.2) is 36.7 Å². The summed E-state index contributed by atoms with van der Waals surface area (Å²) in [6.07, 6.45) is 8.15. The fraction of sp³-hybridized carbons (Fsp3) is 0.450. The standard InChI is InChI=1S/C20H26N4O/c1-15(2)17-9-5-6-10-18(17)23-19(25)16-13-21-20(22-14-16)24-11-7-3-4-8-12-24/h5-6,9-10,13-15H,3-4,7-8,11-12H2,1-2H3,(H,23,25). The van der Waals surface area contributed by atoms with E-state index in [2.05, 4.69) is 34.0 Å². The Morgan fingerprint density at radius 3 is 2.32 bits per heavy atom. The summed E-state index contributed by atoms with van der Waals surface area (Å²) in [5, 5.41) is 2.98. The molecule has 1 aromatic heterocycles. The van der Waals surface area contributed by atoms with Crippen LogP contribution in [0.25, 0.3) is 0 Å². The lowest BCUT2D eigenvalue weighted by Crippen LogP contribution is -2.26. The lowest BCUT2D eigenvalue weighted by molar-refractivity contribution is 0.102. The minimum Gasteiger partial charge on any atom is -0.341 e. The molecule has 1 N–H and O–H groups in total. The number of nitrogens with zero attached hydrogens (tertiary/aromatic N) is 3. The number of para-hydroxylation sites is 1. The lowest BCUT2D eigenvalue weighted by Gasteiger charge is -2.20. The highest BCUT2D eigenvalue weighted by molar-refractivity contribution is 6.04. The molecule has 1 saturated heterocycles. The van der Waals surface area contributed by atoms with E-state index < -0.39 is 0 Å². The van der Waals surface area contributed by atoms with Crippen molar-refractivity contribution in [1.29, 1.82) is 0 Å². The maximum atomic E-state index is 12.5. The largest absolute Gasteiger partial charge is 0.341 e. The summed E-state index contributed by atoms with van der Waals surface area (Å²) in [4.78, 5) is 23.6. The highest BCUT2D eigenvalue weighted by atomic mass is 16.1. The third-order valence-corrected chi connectivity index (χ3v) is 4.62. The van der Waals surface area contributed by atoms with Gasteiger partial charge >= 0.3 is 0 Å². The Labute approximate surface area is 149 Å². The molecule has 0 bridgehead atoms. The molecule has 1 aliphatic rings. The molecule has 1 aliphatic heterocycles. The number of amides is 1. The Morgan fingerprint density at radius 2 is 1.68 bits per heavy atom. The number of hydrogen-bond donors (Lipinski definition) is 1. The average molecular weight is 338 g/mol. The minimum absolute atomic E-state index is 0.171. The first-order chi connectivity index (χ1) is 12.1. The monoisotopic (exact) mass is 338 g/mol. The fourth-order valence-electron chi connectivity index (χ4n) is 3.18. The summed E-state index contributed by atoms with van der Waals surface area (Å²) in [6, 6.07) is 7.89. The van der Waals surface area contributed by atoms with Crippen LogP contribution in [-0.4, -0.2) is 29.0 Å². The van der Waals surface area contributed by atoms with Crippen LogP contribution in [0.1, 0.15) is 61.4 Å². The van der Waals surface area contributed by atoms with Crippen LogP contribution >= 0.6 is 0 Å². The van der Waals surface area contributed by atoms with Crippen molar-refractivity contribution in [2.24, 2.45) is 0 Å². The zero-order valence-electron chi connectivity index (χ0n) is 15.0. The second-order valence-corrected chi connectivity index (χ2v) is 6.87.